The molecule has 1 aliphatic carbocycles. The molecule has 9 nitrogen and oxygen atoms in total. The number of rotatable bonds is 4. The molecule has 4 heterocycles. The number of amides is 1. The normalized spacial score (nSPS) is 22.2. The standard InChI is InChI=1S/C25H30ClN7O2/c1-31-8-9-33(14-22(31)34)25-27-12-18(26)24(30-25)28-16-5-6-20-17(11-16)23-21(13-32(20)2)35-10-7-19(29-23)15-3-4-15/h5-6,11-12,15,19,29H,3-4,7-10,13-14H2,1-2H3,(H,27,28,30)/t19-/m1/s1. The first-order chi connectivity index (χ1) is 17.0. The van der Waals surface area contributed by atoms with Crippen molar-refractivity contribution in [2.24, 2.45) is 5.92 Å². The number of aromatic nitrogens is 2. The zero-order chi connectivity index (χ0) is 24.1. The summed E-state index contributed by atoms with van der Waals surface area (Å²) in [6.07, 6.45) is 5.20. The molecule has 2 N–H and O–H groups in total. The van der Waals surface area contributed by atoms with Gasteiger partial charge in [-0.1, -0.05) is 11.6 Å². The Balaban J connectivity index is 1.29. The fourth-order valence-electron chi connectivity index (χ4n) is 5.04. The van der Waals surface area contributed by atoms with E-state index in [0.29, 0.717) is 35.9 Å². The summed E-state index contributed by atoms with van der Waals surface area (Å²) in [7, 11) is 3.90. The molecule has 1 saturated heterocycles. The number of carbonyl (C=O) groups excluding carboxylic acids is 1. The second-order valence-electron chi connectivity index (χ2n) is 9.84. The van der Waals surface area contributed by atoms with Gasteiger partial charge in [-0.2, -0.15) is 4.98 Å². The van der Waals surface area contributed by atoms with Gasteiger partial charge in [0.15, 0.2) is 5.82 Å². The van der Waals surface area contributed by atoms with Crippen LogP contribution in [0.2, 0.25) is 5.02 Å². The average Bonchev–Trinajstić information content (AvgIpc) is 3.69. The number of anilines is 4. The first kappa shape index (κ1) is 22.3. The molecule has 1 saturated carbocycles. The van der Waals surface area contributed by atoms with Crippen LogP contribution in [0.5, 0.6) is 0 Å². The minimum absolute atomic E-state index is 0.0508. The van der Waals surface area contributed by atoms with Gasteiger partial charge in [0.1, 0.15) is 10.8 Å². The highest BCUT2D eigenvalue weighted by atomic mass is 35.5. The molecule has 35 heavy (non-hydrogen) atoms. The van der Waals surface area contributed by atoms with Gasteiger partial charge in [-0.05, 0) is 37.0 Å². The Bertz CT molecular complexity index is 1200. The van der Waals surface area contributed by atoms with Crippen molar-refractivity contribution < 1.29 is 9.53 Å². The highest BCUT2D eigenvalue weighted by Gasteiger charge is 2.35. The summed E-state index contributed by atoms with van der Waals surface area (Å²) in [5.74, 6) is 2.81. The van der Waals surface area contributed by atoms with Gasteiger partial charge in [-0.25, -0.2) is 4.98 Å². The van der Waals surface area contributed by atoms with Crippen LogP contribution in [0, 0.1) is 5.92 Å². The quantitative estimate of drug-likeness (QED) is 0.669. The molecule has 3 aliphatic heterocycles. The molecule has 1 aromatic carbocycles. The molecule has 2 aromatic rings. The smallest absolute Gasteiger partial charge is 0.242 e. The lowest BCUT2D eigenvalue weighted by Gasteiger charge is -2.32. The van der Waals surface area contributed by atoms with Crippen molar-refractivity contribution >= 4 is 46.3 Å². The molecule has 1 atom stereocenters. The Labute approximate surface area is 210 Å². The molecule has 2 fully saturated rings. The van der Waals surface area contributed by atoms with Crippen molar-refractivity contribution in [2.75, 3.05) is 62.0 Å². The minimum Gasteiger partial charge on any atom is -0.494 e. The van der Waals surface area contributed by atoms with Crippen LogP contribution < -0.4 is 20.4 Å². The van der Waals surface area contributed by atoms with Gasteiger partial charge in [0.25, 0.3) is 0 Å². The third kappa shape index (κ3) is 4.33. The summed E-state index contributed by atoms with van der Waals surface area (Å²) >= 11 is 6.47. The molecule has 10 heteroatoms. The van der Waals surface area contributed by atoms with E-state index in [1.807, 2.05) is 18.0 Å². The van der Waals surface area contributed by atoms with E-state index in [0.717, 1.165) is 53.9 Å². The van der Waals surface area contributed by atoms with Crippen molar-refractivity contribution in [2.45, 2.75) is 25.3 Å². The Hall–Kier alpha value is -3.20. The maximum absolute atomic E-state index is 12.2. The SMILES string of the molecule is CN1CCN(c2ncc(Cl)c(Nc3ccc4c(c3)C3=C(CN4C)OCC[C@H](C4CC4)N3)n2)CC1=O. The van der Waals surface area contributed by atoms with E-state index >= 15 is 0 Å². The van der Waals surface area contributed by atoms with Crippen molar-refractivity contribution in [3.8, 4) is 0 Å². The fourth-order valence-corrected chi connectivity index (χ4v) is 5.17. The molecule has 1 aromatic heterocycles. The number of nitrogens with zero attached hydrogens (tertiary/aromatic N) is 5. The maximum atomic E-state index is 12.2. The van der Waals surface area contributed by atoms with E-state index in [4.69, 9.17) is 16.3 Å². The number of hydrogen-bond donors (Lipinski definition) is 2. The summed E-state index contributed by atoms with van der Waals surface area (Å²) in [6, 6.07) is 6.74. The second kappa shape index (κ2) is 8.78. The molecular weight excluding hydrogens is 466 g/mol. The molecule has 184 valence electrons. The highest BCUT2D eigenvalue weighted by molar-refractivity contribution is 6.32. The van der Waals surface area contributed by atoms with Crippen LogP contribution in [-0.2, 0) is 9.53 Å². The van der Waals surface area contributed by atoms with Crippen LogP contribution >= 0.6 is 11.6 Å². The molecule has 0 radical (unpaired) electrons. The molecule has 0 spiro atoms. The summed E-state index contributed by atoms with van der Waals surface area (Å²) < 4.78 is 6.20. The molecule has 4 aliphatic rings. The maximum Gasteiger partial charge on any atom is 0.242 e. The number of nitrogens with one attached hydrogen (secondary N) is 2. The topological polar surface area (TPSA) is 85.9 Å². The second-order valence-corrected chi connectivity index (χ2v) is 10.2. The summed E-state index contributed by atoms with van der Waals surface area (Å²) in [5.41, 5.74) is 4.25. The van der Waals surface area contributed by atoms with E-state index < -0.39 is 0 Å². The zero-order valence-electron chi connectivity index (χ0n) is 20.1. The Kier molecular flexibility index (Phi) is 5.59. The Morgan fingerprint density at radius 3 is 2.80 bits per heavy atom. The van der Waals surface area contributed by atoms with Crippen LogP contribution in [0.25, 0.3) is 5.70 Å². The van der Waals surface area contributed by atoms with Crippen molar-refractivity contribution in [1.82, 2.24) is 20.2 Å². The number of hydrogen-bond acceptors (Lipinski definition) is 8. The van der Waals surface area contributed by atoms with Gasteiger partial charge in [0.2, 0.25) is 11.9 Å². The van der Waals surface area contributed by atoms with Crippen LogP contribution in [0.15, 0.2) is 30.2 Å². The van der Waals surface area contributed by atoms with Crippen LogP contribution in [0.1, 0.15) is 24.8 Å². The third-order valence-electron chi connectivity index (χ3n) is 7.30. The third-order valence-corrected chi connectivity index (χ3v) is 7.57. The van der Waals surface area contributed by atoms with Crippen LogP contribution in [-0.4, -0.2) is 73.7 Å². The number of piperazine rings is 1. The van der Waals surface area contributed by atoms with Gasteiger partial charge >= 0.3 is 0 Å². The van der Waals surface area contributed by atoms with Gasteiger partial charge in [0.05, 0.1) is 31.6 Å². The monoisotopic (exact) mass is 495 g/mol. The Morgan fingerprint density at radius 2 is 2.00 bits per heavy atom. The number of benzene rings is 1. The van der Waals surface area contributed by atoms with Crippen molar-refractivity contribution in [3.05, 3.63) is 40.7 Å². The number of halogens is 1. The number of fused-ring (bicyclic) bond motifs is 2. The number of ether oxygens (including phenoxy) is 1. The molecule has 0 unspecified atom stereocenters. The van der Waals surface area contributed by atoms with Crippen LogP contribution in [0.4, 0.5) is 23.1 Å². The first-order valence-electron chi connectivity index (χ1n) is 12.2. The number of carbonyl (C=O) groups is 1. The van der Waals surface area contributed by atoms with E-state index in [-0.39, 0.29) is 12.5 Å². The van der Waals surface area contributed by atoms with E-state index in [1.54, 1.807) is 11.1 Å². The summed E-state index contributed by atoms with van der Waals surface area (Å²) in [6.45, 7) is 3.08. The lowest BCUT2D eigenvalue weighted by molar-refractivity contribution is -0.129. The van der Waals surface area contributed by atoms with Gasteiger partial charge < -0.3 is 30.1 Å². The van der Waals surface area contributed by atoms with Gasteiger partial charge in [0, 0.05) is 56.6 Å². The minimum atomic E-state index is 0.0508. The predicted molar refractivity (Wildman–Crippen MR) is 137 cm³/mol. The molecule has 0 bridgehead atoms. The zero-order valence-corrected chi connectivity index (χ0v) is 20.8. The molecular formula is C25H30ClN7O2. The van der Waals surface area contributed by atoms with E-state index in [9.17, 15) is 4.79 Å². The Morgan fingerprint density at radius 1 is 1.14 bits per heavy atom. The van der Waals surface area contributed by atoms with Gasteiger partial charge in [-0.3, -0.25) is 4.79 Å². The number of likely N-dealkylation sites (N-methyl/N-ethyl adjacent to an activating group) is 2. The first-order valence-corrected chi connectivity index (χ1v) is 12.6. The predicted octanol–water partition coefficient (Wildman–Crippen LogP) is 3.06. The average molecular weight is 496 g/mol. The van der Waals surface area contributed by atoms with E-state index in [1.165, 1.54) is 12.8 Å². The van der Waals surface area contributed by atoms with Crippen LogP contribution in [0.3, 0.4) is 0 Å². The summed E-state index contributed by atoms with van der Waals surface area (Å²) in [5, 5.41) is 7.63. The lowest BCUT2D eigenvalue weighted by atomic mass is 10.0. The van der Waals surface area contributed by atoms with Gasteiger partial charge in [-0.15, -0.1) is 0 Å². The highest BCUT2D eigenvalue weighted by Crippen LogP contribution is 2.41. The summed E-state index contributed by atoms with van der Waals surface area (Å²) in [4.78, 5) is 27.0. The fraction of sp³-hybridized carbons (Fsp3) is 0.480. The largest absolute Gasteiger partial charge is 0.494 e. The molecule has 1 amide bonds. The lowest BCUT2D eigenvalue weighted by Crippen LogP contribution is -2.49. The van der Waals surface area contributed by atoms with Crippen molar-refractivity contribution in [3.63, 3.8) is 0 Å². The van der Waals surface area contributed by atoms with E-state index in [2.05, 4.69) is 44.7 Å². The van der Waals surface area contributed by atoms with Crippen molar-refractivity contribution in [1.29, 1.82) is 0 Å². The molecule has 6 rings (SSSR count).